The lowest BCUT2D eigenvalue weighted by molar-refractivity contribution is -0.510. The molecule has 2 aromatic heterocycles. The van der Waals surface area contributed by atoms with Crippen LogP contribution in [0.1, 0.15) is 5.56 Å². The van der Waals surface area contributed by atoms with Crippen molar-refractivity contribution in [3.63, 3.8) is 0 Å². The Morgan fingerprint density at radius 1 is 0.789 bits per heavy atom. The van der Waals surface area contributed by atoms with Crippen LogP contribution < -0.4 is 4.40 Å². The third kappa shape index (κ3) is 1.52. The molecule has 1 nitrogen and oxygen atoms in total. The second-order valence-electron chi connectivity index (χ2n) is 5.06. The van der Waals surface area contributed by atoms with E-state index >= 15 is 0 Å². The molecule has 0 fully saturated rings. The lowest BCUT2D eigenvalue weighted by Gasteiger charge is -2.04. The monoisotopic (exact) mass is 244 g/mol. The molecule has 0 spiro atoms. The predicted octanol–water partition coefficient (Wildman–Crippen LogP) is 4.04. The zero-order valence-corrected chi connectivity index (χ0v) is 10.8. The van der Waals surface area contributed by atoms with E-state index in [4.69, 9.17) is 0 Å². The number of nitrogens with zero attached hydrogens (tertiary/aromatic N) is 1. The Balaban J connectivity index is 2.36. The van der Waals surface area contributed by atoms with Crippen molar-refractivity contribution in [2.45, 2.75) is 6.92 Å². The Kier molecular flexibility index (Phi) is 2.10. The van der Waals surface area contributed by atoms with E-state index in [1.807, 2.05) is 0 Å². The Labute approximate surface area is 111 Å². The van der Waals surface area contributed by atoms with Gasteiger partial charge in [-0.15, -0.1) is 0 Å². The van der Waals surface area contributed by atoms with Gasteiger partial charge >= 0.3 is 0 Å². The molecule has 0 atom stereocenters. The molecule has 0 N–H and O–H groups in total. The lowest BCUT2D eigenvalue weighted by Crippen LogP contribution is -2.20. The summed E-state index contributed by atoms with van der Waals surface area (Å²) < 4.78 is 2.20. The molecule has 0 unspecified atom stereocenters. The molecular weight excluding hydrogens is 230 g/mol. The first-order valence-electron chi connectivity index (χ1n) is 6.55. The quantitative estimate of drug-likeness (QED) is 0.325. The minimum Gasteiger partial charge on any atom is -0.167 e. The summed E-state index contributed by atoms with van der Waals surface area (Å²) in [6.45, 7) is 2.14. The molecule has 0 aliphatic rings. The second-order valence-corrected chi connectivity index (χ2v) is 5.06. The van der Waals surface area contributed by atoms with Crippen molar-refractivity contribution in [3.8, 4) is 0 Å². The summed E-state index contributed by atoms with van der Waals surface area (Å²) in [4.78, 5) is 0. The summed E-state index contributed by atoms with van der Waals surface area (Å²) >= 11 is 0. The molecular formula is C18H14N+. The zero-order chi connectivity index (χ0) is 12.8. The molecule has 0 aliphatic carbocycles. The highest BCUT2D eigenvalue weighted by Crippen LogP contribution is 2.27. The molecule has 1 heteroatoms. The molecule has 2 heterocycles. The van der Waals surface area contributed by atoms with Crippen LogP contribution in [0.2, 0.25) is 0 Å². The first-order chi connectivity index (χ1) is 9.33. The molecule has 0 saturated carbocycles. The third-order valence-electron chi connectivity index (χ3n) is 3.77. The number of hydrogen-bond acceptors (Lipinski definition) is 0. The van der Waals surface area contributed by atoms with E-state index in [2.05, 4.69) is 78.3 Å². The molecule has 0 bridgehead atoms. The summed E-state index contributed by atoms with van der Waals surface area (Å²) in [7, 11) is 0. The highest BCUT2D eigenvalue weighted by Gasteiger charge is 2.10. The van der Waals surface area contributed by atoms with Crippen molar-refractivity contribution in [1.29, 1.82) is 0 Å². The van der Waals surface area contributed by atoms with Crippen molar-refractivity contribution in [3.05, 3.63) is 72.6 Å². The molecule has 0 aliphatic heterocycles. The van der Waals surface area contributed by atoms with Gasteiger partial charge in [-0.3, -0.25) is 0 Å². The van der Waals surface area contributed by atoms with Gasteiger partial charge in [-0.25, -0.2) is 0 Å². The number of rotatable bonds is 0. The van der Waals surface area contributed by atoms with Crippen LogP contribution in [-0.2, 0) is 0 Å². The van der Waals surface area contributed by atoms with Crippen molar-refractivity contribution in [1.82, 2.24) is 0 Å². The number of aromatic nitrogens is 1. The van der Waals surface area contributed by atoms with Crippen molar-refractivity contribution < 1.29 is 4.40 Å². The summed E-state index contributed by atoms with van der Waals surface area (Å²) in [6.07, 6.45) is 4.26. The number of fused-ring (bicyclic) bond motifs is 5. The van der Waals surface area contributed by atoms with Gasteiger partial charge in [0.25, 0.3) is 0 Å². The van der Waals surface area contributed by atoms with Gasteiger partial charge in [-0.1, -0.05) is 36.4 Å². The normalized spacial score (nSPS) is 11.4. The summed E-state index contributed by atoms with van der Waals surface area (Å²) in [5.41, 5.74) is 2.56. The van der Waals surface area contributed by atoms with Crippen LogP contribution in [0.4, 0.5) is 0 Å². The SMILES string of the molecule is Cc1cc[n+]2ccc3ccc4ccccc4c3c2c1. The van der Waals surface area contributed by atoms with Gasteiger partial charge in [0, 0.05) is 18.2 Å². The van der Waals surface area contributed by atoms with Crippen LogP contribution in [0.5, 0.6) is 0 Å². The first-order valence-corrected chi connectivity index (χ1v) is 6.55. The fourth-order valence-electron chi connectivity index (χ4n) is 2.82. The Hall–Kier alpha value is -2.41. The second kappa shape index (κ2) is 3.79. The fourth-order valence-corrected chi connectivity index (χ4v) is 2.82. The molecule has 0 radical (unpaired) electrons. The number of pyridine rings is 2. The van der Waals surface area contributed by atoms with Crippen LogP contribution in [-0.4, -0.2) is 0 Å². The van der Waals surface area contributed by atoms with E-state index < -0.39 is 0 Å². The maximum atomic E-state index is 2.26. The average Bonchev–Trinajstić information content (AvgIpc) is 2.46. The standard InChI is InChI=1S/C18H14N/c1-13-8-10-19-11-9-15-7-6-14-4-2-3-5-16(14)18(15)17(19)12-13/h2-12H,1H3/q+1. The molecule has 4 aromatic rings. The average molecular weight is 244 g/mol. The maximum Gasteiger partial charge on any atom is 0.219 e. The third-order valence-corrected chi connectivity index (χ3v) is 3.77. The summed E-state index contributed by atoms with van der Waals surface area (Å²) in [5, 5.41) is 5.25. The molecule has 2 aromatic carbocycles. The molecule has 90 valence electrons. The van der Waals surface area contributed by atoms with Gasteiger partial charge in [0.1, 0.15) is 0 Å². The highest BCUT2D eigenvalue weighted by atomic mass is 14.8. The van der Waals surface area contributed by atoms with E-state index in [1.165, 1.54) is 32.6 Å². The Bertz CT molecular complexity index is 917. The van der Waals surface area contributed by atoms with Crippen molar-refractivity contribution >= 4 is 27.1 Å². The van der Waals surface area contributed by atoms with Crippen LogP contribution >= 0.6 is 0 Å². The molecule has 0 saturated heterocycles. The van der Waals surface area contributed by atoms with Gasteiger partial charge in [-0.2, -0.15) is 4.40 Å². The predicted molar refractivity (Wildman–Crippen MR) is 79.4 cm³/mol. The van der Waals surface area contributed by atoms with E-state index in [0.717, 1.165) is 0 Å². The van der Waals surface area contributed by atoms with Gasteiger partial charge in [0.2, 0.25) is 5.52 Å². The van der Waals surface area contributed by atoms with Crippen LogP contribution in [0.15, 0.2) is 67.0 Å². The minimum atomic E-state index is 1.27. The number of benzene rings is 2. The summed E-state index contributed by atoms with van der Waals surface area (Å²) in [6, 6.07) is 19.6. The van der Waals surface area contributed by atoms with Crippen molar-refractivity contribution in [2.24, 2.45) is 0 Å². The van der Waals surface area contributed by atoms with Gasteiger partial charge in [0.05, 0.1) is 5.39 Å². The van der Waals surface area contributed by atoms with E-state index in [9.17, 15) is 0 Å². The Morgan fingerprint density at radius 2 is 1.58 bits per heavy atom. The number of hydrogen-bond donors (Lipinski definition) is 0. The summed E-state index contributed by atoms with van der Waals surface area (Å²) in [5.74, 6) is 0. The smallest absolute Gasteiger partial charge is 0.167 e. The van der Waals surface area contributed by atoms with Crippen LogP contribution in [0.25, 0.3) is 27.1 Å². The van der Waals surface area contributed by atoms with Crippen LogP contribution in [0, 0.1) is 6.92 Å². The maximum absolute atomic E-state index is 2.26. The fraction of sp³-hybridized carbons (Fsp3) is 0.0556. The minimum absolute atomic E-state index is 1.27. The zero-order valence-electron chi connectivity index (χ0n) is 10.8. The van der Waals surface area contributed by atoms with Crippen molar-refractivity contribution in [2.75, 3.05) is 0 Å². The molecule has 4 rings (SSSR count). The van der Waals surface area contributed by atoms with E-state index in [0.29, 0.717) is 0 Å². The molecule has 0 amide bonds. The van der Waals surface area contributed by atoms with Crippen LogP contribution in [0.3, 0.4) is 0 Å². The highest BCUT2D eigenvalue weighted by molar-refractivity contribution is 6.13. The van der Waals surface area contributed by atoms with Gasteiger partial charge in [-0.05, 0) is 28.6 Å². The Morgan fingerprint density at radius 3 is 2.53 bits per heavy atom. The van der Waals surface area contributed by atoms with Gasteiger partial charge in [0.15, 0.2) is 12.4 Å². The van der Waals surface area contributed by atoms with Gasteiger partial charge < -0.3 is 0 Å². The van der Waals surface area contributed by atoms with E-state index in [1.54, 1.807) is 0 Å². The largest absolute Gasteiger partial charge is 0.219 e. The molecule has 19 heavy (non-hydrogen) atoms. The number of aryl methyl sites for hydroxylation is 1. The first kappa shape index (κ1) is 10.5. The lowest BCUT2D eigenvalue weighted by atomic mass is 10.0. The topological polar surface area (TPSA) is 4.10 Å². The van der Waals surface area contributed by atoms with E-state index in [-0.39, 0.29) is 0 Å².